The van der Waals surface area contributed by atoms with Gasteiger partial charge in [0.2, 0.25) is 0 Å². The van der Waals surface area contributed by atoms with E-state index in [4.69, 9.17) is 14.2 Å². The molecule has 1 N–H and O–H groups in total. The highest BCUT2D eigenvalue weighted by Gasteiger charge is 2.07. The Morgan fingerprint density at radius 2 is 1.65 bits per heavy atom. The van der Waals surface area contributed by atoms with Gasteiger partial charge in [0, 0.05) is 18.6 Å². The van der Waals surface area contributed by atoms with Crippen molar-refractivity contribution in [3.05, 3.63) is 87.5 Å². The topological polar surface area (TPSA) is 95.2 Å². The molecule has 0 atom stereocenters. The van der Waals surface area contributed by atoms with Gasteiger partial charge in [0.15, 0.2) is 11.5 Å². The van der Waals surface area contributed by atoms with Crippen molar-refractivity contribution in [1.29, 1.82) is 0 Å². The number of benzene rings is 3. The number of anilines is 1. The van der Waals surface area contributed by atoms with E-state index in [2.05, 4.69) is 10.5 Å². The van der Waals surface area contributed by atoms with Gasteiger partial charge in [0.25, 0.3) is 5.69 Å². The van der Waals surface area contributed by atoms with Crippen LogP contribution in [-0.2, 0) is 0 Å². The van der Waals surface area contributed by atoms with Crippen LogP contribution in [0.1, 0.15) is 30.0 Å². The van der Waals surface area contributed by atoms with Gasteiger partial charge in [0.1, 0.15) is 5.75 Å². The summed E-state index contributed by atoms with van der Waals surface area (Å²) >= 11 is 0. The maximum Gasteiger partial charge on any atom is 0.269 e. The van der Waals surface area contributed by atoms with Gasteiger partial charge < -0.3 is 14.2 Å². The van der Waals surface area contributed by atoms with E-state index in [1.165, 1.54) is 12.1 Å². The van der Waals surface area contributed by atoms with Crippen LogP contribution in [0.3, 0.4) is 0 Å². The number of hydrogen-bond acceptors (Lipinski definition) is 7. The van der Waals surface area contributed by atoms with Gasteiger partial charge in [-0.05, 0) is 67.8 Å². The van der Waals surface area contributed by atoms with E-state index >= 15 is 0 Å². The third-order valence-corrected chi connectivity index (χ3v) is 4.95. The summed E-state index contributed by atoms with van der Waals surface area (Å²) in [5.74, 6) is 2.23. The molecule has 0 radical (unpaired) electrons. The quantitative estimate of drug-likeness (QED) is 0.155. The number of nitrogens with zero attached hydrogens (tertiary/aromatic N) is 2. The molecule has 0 unspecified atom stereocenters. The first-order valence-electron chi connectivity index (χ1n) is 11.1. The number of aryl methyl sites for hydroxylation is 2. The van der Waals surface area contributed by atoms with Crippen molar-refractivity contribution in [2.45, 2.75) is 27.2 Å². The molecule has 178 valence electrons. The molecule has 0 saturated heterocycles. The molecule has 0 amide bonds. The number of nitro benzene ring substituents is 1. The van der Waals surface area contributed by atoms with Crippen LogP contribution in [0.5, 0.6) is 17.2 Å². The summed E-state index contributed by atoms with van der Waals surface area (Å²) in [5, 5.41) is 14.9. The molecule has 8 heteroatoms. The van der Waals surface area contributed by atoms with Gasteiger partial charge in [-0.15, -0.1) is 0 Å². The molecule has 0 aromatic heterocycles. The van der Waals surface area contributed by atoms with Crippen LogP contribution in [-0.4, -0.2) is 31.0 Å². The van der Waals surface area contributed by atoms with E-state index in [1.54, 1.807) is 18.3 Å². The standard InChI is InChI=1S/C26H29N3O5/c1-4-32-25-17-21(18-27-28-22-10-12-23(13-11-22)29(30)31)9-14-24(25)33-15-6-16-34-26-19(2)7-5-8-20(26)3/h5,7-14,17-18,28H,4,6,15-16H2,1-3H3/b27-18-. The minimum atomic E-state index is -0.440. The lowest BCUT2D eigenvalue weighted by Gasteiger charge is -2.14. The molecule has 8 nitrogen and oxygen atoms in total. The average Bonchev–Trinajstić information content (AvgIpc) is 2.82. The third-order valence-electron chi connectivity index (χ3n) is 4.95. The fraction of sp³-hybridized carbons (Fsp3) is 0.269. The maximum absolute atomic E-state index is 10.7. The predicted octanol–water partition coefficient (Wildman–Crippen LogP) is 5.90. The fourth-order valence-electron chi connectivity index (χ4n) is 3.27. The van der Waals surface area contributed by atoms with E-state index in [0.717, 1.165) is 28.9 Å². The second-order valence-electron chi connectivity index (χ2n) is 7.58. The van der Waals surface area contributed by atoms with Gasteiger partial charge in [-0.1, -0.05) is 18.2 Å². The van der Waals surface area contributed by atoms with Crippen molar-refractivity contribution in [2.24, 2.45) is 5.10 Å². The lowest BCUT2D eigenvalue weighted by Crippen LogP contribution is -2.07. The Kier molecular flexibility index (Phi) is 8.85. The molecule has 0 bridgehead atoms. The normalized spacial score (nSPS) is 10.8. The second-order valence-corrected chi connectivity index (χ2v) is 7.58. The number of hydrogen-bond donors (Lipinski definition) is 1. The zero-order valence-electron chi connectivity index (χ0n) is 19.6. The van der Waals surface area contributed by atoms with Crippen molar-refractivity contribution in [1.82, 2.24) is 0 Å². The number of nitrogens with one attached hydrogen (secondary N) is 1. The average molecular weight is 464 g/mol. The second kappa shape index (κ2) is 12.2. The summed E-state index contributed by atoms with van der Waals surface area (Å²) in [5.41, 5.74) is 6.61. The molecule has 0 aliphatic heterocycles. The molecule has 0 aliphatic rings. The van der Waals surface area contributed by atoms with Crippen molar-refractivity contribution >= 4 is 17.6 Å². The van der Waals surface area contributed by atoms with Gasteiger partial charge >= 0.3 is 0 Å². The first kappa shape index (κ1) is 24.6. The Morgan fingerprint density at radius 1 is 0.941 bits per heavy atom. The lowest BCUT2D eigenvalue weighted by molar-refractivity contribution is -0.384. The Hall–Kier alpha value is -4.07. The summed E-state index contributed by atoms with van der Waals surface area (Å²) in [6.07, 6.45) is 2.38. The van der Waals surface area contributed by atoms with E-state index in [9.17, 15) is 10.1 Å². The molecule has 0 heterocycles. The Labute approximate surface area is 199 Å². The number of non-ortho nitro benzene ring substituents is 1. The van der Waals surface area contributed by atoms with E-state index in [1.807, 2.05) is 57.2 Å². The molecule has 3 aromatic carbocycles. The minimum Gasteiger partial charge on any atom is -0.493 e. The van der Waals surface area contributed by atoms with Gasteiger partial charge in [-0.2, -0.15) is 5.10 Å². The molecule has 34 heavy (non-hydrogen) atoms. The summed E-state index contributed by atoms with van der Waals surface area (Å²) in [4.78, 5) is 10.3. The zero-order chi connectivity index (χ0) is 24.3. The van der Waals surface area contributed by atoms with Crippen molar-refractivity contribution in [3.8, 4) is 17.2 Å². The first-order valence-corrected chi connectivity index (χ1v) is 11.1. The molecule has 0 saturated carbocycles. The molecule has 0 aliphatic carbocycles. The Morgan fingerprint density at radius 3 is 2.32 bits per heavy atom. The smallest absolute Gasteiger partial charge is 0.269 e. The highest BCUT2D eigenvalue weighted by molar-refractivity contribution is 5.81. The molecular formula is C26H29N3O5. The molecule has 0 fully saturated rings. The SMILES string of the molecule is CCOc1cc(/C=N\Nc2ccc([N+](=O)[O-])cc2)ccc1OCCCOc1c(C)cccc1C. The summed E-state index contributed by atoms with van der Waals surface area (Å²) in [6.45, 7) is 7.57. The number of hydrazone groups is 1. The number of para-hydroxylation sites is 1. The summed E-state index contributed by atoms with van der Waals surface area (Å²) in [6, 6.07) is 17.7. The number of ether oxygens (including phenoxy) is 3. The van der Waals surface area contributed by atoms with Crippen LogP contribution in [0.15, 0.2) is 65.8 Å². The number of nitro groups is 1. The monoisotopic (exact) mass is 463 g/mol. The molecule has 0 spiro atoms. The van der Waals surface area contributed by atoms with Crippen molar-refractivity contribution < 1.29 is 19.1 Å². The van der Waals surface area contributed by atoms with Crippen LogP contribution in [0.25, 0.3) is 0 Å². The Bertz CT molecular complexity index is 1110. The molecule has 3 aromatic rings. The van der Waals surface area contributed by atoms with E-state index < -0.39 is 4.92 Å². The fourth-order valence-corrected chi connectivity index (χ4v) is 3.27. The van der Waals surface area contributed by atoms with Crippen molar-refractivity contribution in [3.63, 3.8) is 0 Å². The van der Waals surface area contributed by atoms with Gasteiger partial charge in [-0.3, -0.25) is 15.5 Å². The van der Waals surface area contributed by atoms with Gasteiger partial charge in [0.05, 0.1) is 36.6 Å². The van der Waals surface area contributed by atoms with Crippen LogP contribution in [0.2, 0.25) is 0 Å². The van der Waals surface area contributed by atoms with Crippen LogP contribution >= 0.6 is 0 Å². The van der Waals surface area contributed by atoms with Crippen LogP contribution in [0, 0.1) is 24.0 Å². The highest BCUT2D eigenvalue weighted by atomic mass is 16.6. The van der Waals surface area contributed by atoms with Crippen molar-refractivity contribution in [2.75, 3.05) is 25.2 Å². The first-order chi connectivity index (χ1) is 16.5. The predicted molar refractivity (Wildman–Crippen MR) is 133 cm³/mol. The molecular weight excluding hydrogens is 434 g/mol. The molecule has 3 rings (SSSR count). The Balaban J connectivity index is 1.52. The zero-order valence-corrected chi connectivity index (χ0v) is 19.6. The maximum atomic E-state index is 10.7. The van der Waals surface area contributed by atoms with Crippen LogP contribution < -0.4 is 19.6 Å². The summed E-state index contributed by atoms with van der Waals surface area (Å²) < 4.78 is 17.6. The van der Waals surface area contributed by atoms with Gasteiger partial charge in [-0.25, -0.2) is 0 Å². The van der Waals surface area contributed by atoms with Crippen LogP contribution in [0.4, 0.5) is 11.4 Å². The summed E-state index contributed by atoms with van der Waals surface area (Å²) in [7, 11) is 0. The minimum absolute atomic E-state index is 0.0309. The highest BCUT2D eigenvalue weighted by Crippen LogP contribution is 2.28. The van der Waals surface area contributed by atoms with E-state index in [-0.39, 0.29) is 5.69 Å². The largest absolute Gasteiger partial charge is 0.493 e. The van der Waals surface area contributed by atoms with E-state index in [0.29, 0.717) is 37.0 Å². The number of rotatable bonds is 12. The third kappa shape index (κ3) is 6.96. The lowest BCUT2D eigenvalue weighted by atomic mass is 10.1.